The van der Waals surface area contributed by atoms with Crippen LogP contribution in [-0.2, 0) is 0 Å². The van der Waals surface area contributed by atoms with Crippen molar-refractivity contribution in [3.63, 3.8) is 0 Å². The van der Waals surface area contributed by atoms with Crippen LogP contribution in [0.4, 0.5) is 14.6 Å². The van der Waals surface area contributed by atoms with Crippen molar-refractivity contribution in [2.45, 2.75) is 13.3 Å². The first-order valence-corrected chi connectivity index (χ1v) is 6.99. The molecule has 0 saturated carbocycles. The van der Waals surface area contributed by atoms with Crippen molar-refractivity contribution in [2.24, 2.45) is 0 Å². The second-order valence-corrected chi connectivity index (χ2v) is 5.02. The van der Waals surface area contributed by atoms with Crippen LogP contribution in [0.2, 0.25) is 10.0 Å². The number of anilines is 1. The first-order valence-electron chi connectivity index (χ1n) is 6.24. The number of aromatic nitrogens is 1. The molecule has 0 atom stereocenters. The van der Waals surface area contributed by atoms with Gasteiger partial charge in [-0.3, -0.25) is 0 Å². The van der Waals surface area contributed by atoms with E-state index in [4.69, 9.17) is 27.9 Å². The van der Waals surface area contributed by atoms with Gasteiger partial charge < -0.3 is 10.1 Å². The largest absolute Gasteiger partial charge is 0.434 e. The molecular weight excluding hydrogens is 321 g/mol. The summed E-state index contributed by atoms with van der Waals surface area (Å²) in [6, 6.07) is 4.41. The number of rotatable bonds is 5. The predicted octanol–water partition coefficient (Wildman–Crippen LogP) is 5.28. The van der Waals surface area contributed by atoms with Crippen molar-refractivity contribution in [2.75, 3.05) is 11.9 Å². The van der Waals surface area contributed by atoms with Crippen LogP contribution in [0.15, 0.2) is 24.3 Å². The summed E-state index contributed by atoms with van der Waals surface area (Å²) in [5.74, 6) is -1.33. The van der Waals surface area contributed by atoms with Gasteiger partial charge in [-0.25, -0.2) is 8.78 Å². The minimum atomic E-state index is -0.842. The van der Waals surface area contributed by atoms with Crippen molar-refractivity contribution in [1.82, 2.24) is 4.98 Å². The highest BCUT2D eigenvalue weighted by Crippen LogP contribution is 2.34. The maximum Gasteiger partial charge on any atom is 0.240 e. The number of benzene rings is 1. The van der Waals surface area contributed by atoms with Gasteiger partial charge in [0.15, 0.2) is 11.6 Å². The van der Waals surface area contributed by atoms with Gasteiger partial charge in [-0.1, -0.05) is 30.1 Å². The van der Waals surface area contributed by atoms with Crippen LogP contribution >= 0.6 is 23.2 Å². The third-order valence-electron chi connectivity index (χ3n) is 2.54. The molecule has 1 N–H and O–H groups in total. The van der Waals surface area contributed by atoms with Crippen LogP contribution in [-0.4, -0.2) is 11.5 Å². The summed E-state index contributed by atoms with van der Waals surface area (Å²) in [5, 5.41) is 3.47. The van der Waals surface area contributed by atoms with E-state index in [1.54, 1.807) is 0 Å². The second-order valence-electron chi connectivity index (χ2n) is 4.21. The summed E-state index contributed by atoms with van der Waals surface area (Å²) in [7, 11) is 0. The van der Waals surface area contributed by atoms with Crippen LogP contribution in [0, 0.1) is 11.6 Å². The summed E-state index contributed by atoms with van der Waals surface area (Å²) in [4.78, 5) is 4.11. The maximum atomic E-state index is 13.6. The van der Waals surface area contributed by atoms with Crippen molar-refractivity contribution < 1.29 is 13.5 Å². The zero-order valence-corrected chi connectivity index (χ0v) is 12.6. The lowest BCUT2D eigenvalue weighted by Gasteiger charge is -2.11. The van der Waals surface area contributed by atoms with Crippen LogP contribution in [0.25, 0.3) is 0 Å². The van der Waals surface area contributed by atoms with E-state index in [9.17, 15) is 8.78 Å². The molecule has 0 saturated heterocycles. The molecule has 0 unspecified atom stereocenters. The summed E-state index contributed by atoms with van der Waals surface area (Å²) < 4.78 is 31.7. The molecule has 3 nitrogen and oxygen atoms in total. The van der Waals surface area contributed by atoms with Crippen molar-refractivity contribution in [1.29, 1.82) is 0 Å². The Morgan fingerprint density at radius 2 is 1.95 bits per heavy atom. The smallest absolute Gasteiger partial charge is 0.240 e. The third kappa shape index (κ3) is 3.95. The maximum absolute atomic E-state index is 13.6. The minimum absolute atomic E-state index is 0.00909. The number of halogens is 4. The van der Waals surface area contributed by atoms with E-state index in [1.807, 2.05) is 6.92 Å². The van der Waals surface area contributed by atoms with Crippen molar-refractivity contribution >= 4 is 29.0 Å². The van der Waals surface area contributed by atoms with Gasteiger partial charge in [0.25, 0.3) is 0 Å². The number of pyridine rings is 1. The van der Waals surface area contributed by atoms with E-state index in [1.165, 1.54) is 6.07 Å². The van der Waals surface area contributed by atoms with Crippen LogP contribution < -0.4 is 10.1 Å². The zero-order valence-electron chi connectivity index (χ0n) is 11.1. The van der Waals surface area contributed by atoms with Gasteiger partial charge >= 0.3 is 0 Å². The molecule has 2 rings (SSSR count). The lowest BCUT2D eigenvalue weighted by atomic mass is 10.3. The van der Waals surface area contributed by atoms with Crippen molar-refractivity contribution in [3.05, 3.63) is 45.9 Å². The lowest BCUT2D eigenvalue weighted by molar-refractivity contribution is 0.424. The fraction of sp³-hybridized carbons (Fsp3) is 0.214. The van der Waals surface area contributed by atoms with E-state index in [0.29, 0.717) is 17.4 Å². The Bertz CT molecular complexity index is 653. The number of nitrogens with one attached hydrogen (secondary N) is 1. The molecule has 2 aromatic rings. The summed E-state index contributed by atoms with van der Waals surface area (Å²) in [6.07, 6.45) is 0.878. The van der Waals surface area contributed by atoms with Gasteiger partial charge in [0.1, 0.15) is 16.7 Å². The monoisotopic (exact) mass is 332 g/mol. The number of hydrogen-bond acceptors (Lipinski definition) is 3. The fourth-order valence-electron chi connectivity index (χ4n) is 1.55. The fourth-order valence-corrected chi connectivity index (χ4v) is 2.01. The molecule has 0 aliphatic rings. The molecule has 0 aliphatic heterocycles. The average molecular weight is 333 g/mol. The molecule has 0 aliphatic carbocycles. The van der Waals surface area contributed by atoms with Gasteiger partial charge in [0.2, 0.25) is 5.88 Å². The average Bonchev–Trinajstić information content (AvgIpc) is 2.43. The highest BCUT2D eigenvalue weighted by atomic mass is 35.5. The lowest BCUT2D eigenvalue weighted by Crippen LogP contribution is -2.04. The Balaban J connectivity index is 2.30. The van der Waals surface area contributed by atoms with E-state index < -0.39 is 11.6 Å². The Morgan fingerprint density at radius 3 is 2.62 bits per heavy atom. The van der Waals surface area contributed by atoms with E-state index >= 15 is 0 Å². The molecule has 112 valence electrons. The molecule has 0 amide bonds. The molecule has 1 aromatic carbocycles. The molecule has 0 spiro atoms. The SMILES string of the molecule is CCCNc1nc(Oc2ccc(F)cc2F)c(Cl)cc1Cl. The molecule has 0 fully saturated rings. The molecule has 0 radical (unpaired) electrons. The highest BCUT2D eigenvalue weighted by molar-refractivity contribution is 6.36. The standard InChI is InChI=1S/C14H12Cl2F2N2O/c1-2-5-19-13-9(15)7-10(16)14(20-13)21-12-4-3-8(17)6-11(12)18/h3-4,6-7H,2,5H2,1H3,(H,19,20). The normalized spacial score (nSPS) is 10.5. The van der Waals surface area contributed by atoms with E-state index in [-0.39, 0.29) is 16.7 Å². The molecule has 21 heavy (non-hydrogen) atoms. The molecule has 0 bridgehead atoms. The number of ether oxygens (including phenoxy) is 1. The summed E-state index contributed by atoms with van der Waals surface area (Å²) >= 11 is 12.0. The minimum Gasteiger partial charge on any atom is -0.434 e. The third-order valence-corrected chi connectivity index (χ3v) is 3.10. The van der Waals surface area contributed by atoms with Gasteiger partial charge in [-0.05, 0) is 24.6 Å². The highest BCUT2D eigenvalue weighted by Gasteiger charge is 2.13. The van der Waals surface area contributed by atoms with E-state index in [0.717, 1.165) is 24.6 Å². The Kier molecular flexibility index (Phi) is 5.20. The Morgan fingerprint density at radius 1 is 1.19 bits per heavy atom. The van der Waals surface area contributed by atoms with Gasteiger partial charge in [0.05, 0.1) is 5.02 Å². The molecular formula is C14H12Cl2F2N2O. The van der Waals surface area contributed by atoms with Crippen LogP contribution in [0.1, 0.15) is 13.3 Å². The molecule has 1 heterocycles. The van der Waals surface area contributed by atoms with Gasteiger partial charge in [-0.2, -0.15) is 4.98 Å². The van der Waals surface area contributed by atoms with Crippen LogP contribution in [0.5, 0.6) is 11.6 Å². The first-order chi connectivity index (χ1) is 10.0. The zero-order chi connectivity index (χ0) is 15.4. The second kappa shape index (κ2) is 6.91. The topological polar surface area (TPSA) is 34.2 Å². The number of nitrogens with zero attached hydrogens (tertiary/aromatic N) is 1. The predicted molar refractivity (Wildman–Crippen MR) is 79.5 cm³/mol. The summed E-state index contributed by atoms with van der Waals surface area (Å²) in [6.45, 7) is 2.65. The quantitative estimate of drug-likeness (QED) is 0.808. The Hall–Kier alpha value is -1.59. The van der Waals surface area contributed by atoms with Gasteiger partial charge in [0, 0.05) is 12.6 Å². The van der Waals surface area contributed by atoms with E-state index in [2.05, 4.69) is 10.3 Å². The summed E-state index contributed by atoms with van der Waals surface area (Å²) in [5.41, 5.74) is 0. The van der Waals surface area contributed by atoms with Crippen molar-refractivity contribution in [3.8, 4) is 11.6 Å². The first kappa shape index (κ1) is 15.8. The van der Waals surface area contributed by atoms with Crippen LogP contribution in [0.3, 0.4) is 0 Å². The molecule has 7 heteroatoms. The van der Waals surface area contributed by atoms with Gasteiger partial charge in [-0.15, -0.1) is 0 Å². The molecule has 1 aromatic heterocycles. The Labute approximate surface area is 130 Å². The number of hydrogen-bond donors (Lipinski definition) is 1.